The van der Waals surface area contributed by atoms with Gasteiger partial charge in [0, 0.05) is 36.5 Å². The van der Waals surface area contributed by atoms with Gasteiger partial charge in [-0.3, -0.25) is 5.41 Å². The van der Waals surface area contributed by atoms with Crippen LogP contribution in [0, 0.1) is 12.0 Å². The number of likely N-dealkylation sites (tertiary alicyclic amines) is 1. The molecular formula is C26H36N7Na. The van der Waals surface area contributed by atoms with Gasteiger partial charge in [0.1, 0.15) is 11.7 Å². The summed E-state index contributed by atoms with van der Waals surface area (Å²) in [6, 6.07) is 20.2. The number of rotatable bonds is 9. The van der Waals surface area contributed by atoms with E-state index in [-0.39, 0.29) is 47.3 Å². The van der Waals surface area contributed by atoms with Crippen molar-refractivity contribution in [2.45, 2.75) is 31.8 Å². The molecule has 0 bridgehead atoms. The number of allylic oxidation sites excluding steroid dienone is 1. The maximum absolute atomic E-state index is 7.61. The number of nitrogens with one attached hydrogen (secondary N) is 2. The first-order chi connectivity index (χ1) is 15.8. The summed E-state index contributed by atoms with van der Waals surface area (Å²) >= 11 is 0. The molecule has 3 rings (SSSR count). The van der Waals surface area contributed by atoms with Crippen LogP contribution in [0.4, 0.5) is 0 Å². The van der Waals surface area contributed by atoms with Crippen molar-refractivity contribution < 1.29 is 29.6 Å². The Morgan fingerprint density at radius 2 is 1.62 bits per heavy atom. The molecule has 0 aromatic heterocycles. The predicted molar refractivity (Wildman–Crippen MR) is 137 cm³/mol. The Morgan fingerprint density at radius 1 is 1.03 bits per heavy atom. The number of nitrogens with zero attached hydrogens (tertiary/aromatic N) is 1. The van der Waals surface area contributed by atoms with E-state index in [1.54, 1.807) is 6.54 Å². The van der Waals surface area contributed by atoms with E-state index in [0.29, 0.717) is 12.0 Å². The Labute approximate surface area is 225 Å². The molecule has 1 aliphatic heterocycles. The smallest absolute Gasteiger partial charge is 0.385 e. The maximum Gasteiger partial charge on any atom is 1.00 e. The third-order valence-corrected chi connectivity index (χ3v) is 5.47. The third-order valence-electron chi connectivity index (χ3n) is 5.47. The van der Waals surface area contributed by atoms with Gasteiger partial charge in [-0.15, -0.1) is 18.7 Å². The van der Waals surface area contributed by atoms with Gasteiger partial charge in [-0.25, -0.2) is 0 Å². The molecule has 1 heterocycles. The molecule has 1 unspecified atom stereocenters. The minimum atomic E-state index is -0.113. The van der Waals surface area contributed by atoms with Crippen LogP contribution in [0.1, 0.15) is 30.4 Å². The van der Waals surface area contributed by atoms with Crippen LogP contribution in [-0.4, -0.2) is 23.3 Å². The molecule has 2 aromatic rings. The van der Waals surface area contributed by atoms with Gasteiger partial charge < -0.3 is 33.2 Å². The summed E-state index contributed by atoms with van der Waals surface area (Å²) < 4.78 is 0. The Bertz CT molecular complexity index is 954. The molecule has 0 spiro atoms. The Morgan fingerprint density at radius 3 is 2.12 bits per heavy atom. The summed E-state index contributed by atoms with van der Waals surface area (Å²) in [6.45, 7) is 11.6. The maximum atomic E-state index is 7.61. The molecule has 1 saturated heterocycles. The van der Waals surface area contributed by atoms with Crippen LogP contribution in [0.15, 0.2) is 96.6 Å². The van der Waals surface area contributed by atoms with E-state index in [0.717, 1.165) is 42.9 Å². The predicted octanol–water partition coefficient (Wildman–Crippen LogP) is -0.118. The van der Waals surface area contributed by atoms with Crippen molar-refractivity contribution in [3.8, 4) is 0 Å². The summed E-state index contributed by atoms with van der Waals surface area (Å²) in [5, 5.41) is 11.0. The average Bonchev–Trinajstić information content (AvgIpc) is 3.32. The van der Waals surface area contributed by atoms with Crippen molar-refractivity contribution >= 4 is 5.84 Å². The fourth-order valence-corrected chi connectivity index (χ4v) is 3.66. The van der Waals surface area contributed by atoms with Crippen LogP contribution in [0.3, 0.4) is 0 Å². The van der Waals surface area contributed by atoms with E-state index >= 15 is 0 Å². The first-order valence-corrected chi connectivity index (χ1v) is 10.9. The summed E-state index contributed by atoms with van der Waals surface area (Å²) in [4.78, 5) is 2.20. The molecule has 0 amide bonds. The summed E-state index contributed by atoms with van der Waals surface area (Å²) in [6.07, 6.45) is 2.45. The summed E-state index contributed by atoms with van der Waals surface area (Å²) in [7, 11) is 0. The SMILES string of the molecule is C=C(NCc1ccccc1)C1CCCN1C(=C)CC(C(=N)N)=C(N)N.N[CH-]c1ccccc1.[Na+]. The van der Waals surface area contributed by atoms with Crippen molar-refractivity contribution in [2.24, 2.45) is 22.9 Å². The van der Waals surface area contributed by atoms with Crippen LogP contribution in [0.5, 0.6) is 0 Å². The van der Waals surface area contributed by atoms with Crippen LogP contribution < -0.4 is 57.8 Å². The topological polar surface area (TPSA) is 143 Å². The van der Waals surface area contributed by atoms with Gasteiger partial charge in [-0.1, -0.05) is 49.6 Å². The molecule has 0 radical (unpaired) electrons. The molecule has 1 fully saturated rings. The molecule has 2 aromatic carbocycles. The van der Waals surface area contributed by atoms with Crippen molar-refractivity contribution in [3.05, 3.63) is 114 Å². The van der Waals surface area contributed by atoms with Gasteiger partial charge in [0.15, 0.2) is 0 Å². The molecule has 7 nitrogen and oxygen atoms in total. The zero-order chi connectivity index (χ0) is 24.2. The van der Waals surface area contributed by atoms with Crippen molar-refractivity contribution in [1.82, 2.24) is 10.2 Å². The zero-order valence-electron chi connectivity index (χ0n) is 20.1. The fourth-order valence-electron chi connectivity index (χ4n) is 3.66. The summed E-state index contributed by atoms with van der Waals surface area (Å²) in [5.41, 5.74) is 26.6. The van der Waals surface area contributed by atoms with Crippen LogP contribution >= 0.6 is 0 Å². The average molecular weight is 470 g/mol. The fraction of sp³-hybridized carbons (Fsp3) is 0.231. The summed E-state index contributed by atoms with van der Waals surface area (Å²) in [5.74, 6) is -0.0386. The first kappa shape index (κ1) is 29.2. The second-order valence-corrected chi connectivity index (χ2v) is 7.88. The molecular weight excluding hydrogens is 433 g/mol. The monoisotopic (exact) mass is 469 g/mol. The molecule has 34 heavy (non-hydrogen) atoms. The largest absolute Gasteiger partial charge is 1.00 e. The minimum absolute atomic E-state index is 0. The molecule has 0 saturated carbocycles. The molecule has 1 aliphatic rings. The Kier molecular flexibility index (Phi) is 13.0. The molecule has 176 valence electrons. The van der Waals surface area contributed by atoms with Crippen LogP contribution in [0.25, 0.3) is 0 Å². The molecule has 1 atom stereocenters. The van der Waals surface area contributed by atoms with Crippen LogP contribution in [-0.2, 0) is 6.54 Å². The van der Waals surface area contributed by atoms with Gasteiger partial charge in [-0.2, -0.15) is 17.7 Å². The van der Waals surface area contributed by atoms with E-state index in [1.807, 2.05) is 48.5 Å². The van der Waals surface area contributed by atoms with E-state index < -0.39 is 0 Å². The van der Waals surface area contributed by atoms with Gasteiger partial charge >= 0.3 is 29.6 Å². The van der Waals surface area contributed by atoms with Crippen molar-refractivity contribution in [3.63, 3.8) is 0 Å². The van der Waals surface area contributed by atoms with Gasteiger partial charge in [0.2, 0.25) is 0 Å². The second kappa shape index (κ2) is 15.1. The van der Waals surface area contributed by atoms with Gasteiger partial charge in [-0.05, 0) is 18.4 Å². The molecule has 0 aliphatic carbocycles. The third kappa shape index (κ3) is 9.19. The Balaban J connectivity index is 0.000000543. The zero-order valence-corrected chi connectivity index (χ0v) is 22.1. The first-order valence-electron chi connectivity index (χ1n) is 10.9. The van der Waals surface area contributed by atoms with E-state index in [9.17, 15) is 0 Å². The van der Waals surface area contributed by atoms with Crippen molar-refractivity contribution in [1.29, 1.82) is 5.41 Å². The number of benzene rings is 2. The van der Waals surface area contributed by atoms with Crippen LogP contribution in [0.2, 0.25) is 0 Å². The standard InChI is InChI=1S/C19H28N6.C7H8N.Na/c1-13(11-16(18(20)21)19(22)23)25-10-6-9-17(25)14(2)24-12-15-7-4-3-5-8-15;8-6-7-4-2-1-3-5-7;/h3-5,7-8,17,24H,1-2,6,9-12,20-21H2,(H3,22,23);1-6H,8H2;/q;-1;+1. The minimum Gasteiger partial charge on any atom is -0.385 e. The number of amidine groups is 1. The molecule has 8 heteroatoms. The number of hydrogen-bond donors (Lipinski definition) is 6. The van der Waals surface area contributed by atoms with E-state index in [2.05, 4.69) is 35.5 Å². The Hall–Kier alpha value is -2.84. The quantitative estimate of drug-likeness (QED) is 0.131. The van der Waals surface area contributed by atoms with Crippen molar-refractivity contribution in [2.75, 3.05) is 6.54 Å². The second-order valence-electron chi connectivity index (χ2n) is 7.88. The van der Waals surface area contributed by atoms with Gasteiger partial charge in [0.05, 0.1) is 6.04 Å². The van der Waals surface area contributed by atoms with E-state index in [1.165, 1.54) is 5.56 Å². The normalized spacial score (nSPS) is 14.0. The number of nitrogens with two attached hydrogens (primary N) is 4. The van der Waals surface area contributed by atoms with E-state index in [4.69, 9.17) is 28.3 Å². The number of hydrogen-bond acceptors (Lipinski definition) is 6. The van der Waals surface area contributed by atoms with Gasteiger partial charge in [0.25, 0.3) is 0 Å². The molecule has 10 N–H and O–H groups in total.